The second-order valence-corrected chi connectivity index (χ2v) is 5.02. The van der Waals surface area contributed by atoms with Gasteiger partial charge in [0.15, 0.2) is 0 Å². The number of anilines is 1. The molecule has 5 nitrogen and oxygen atoms in total. The van der Waals surface area contributed by atoms with Crippen LogP contribution in [0.3, 0.4) is 0 Å². The number of nitrogens with one attached hydrogen (secondary N) is 2. The minimum Gasteiger partial charge on any atom is -0.508 e. The predicted molar refractivity (Wildman–Crippen MR) is 88.4 cm³/mol. The number of para-hydroxylation sites is 1. The van der Waals surface area contributed by atoms with E-state index >= 15 is 0 Å². The van der Waals surface area contributed by atoms with Gasteiger partial charge in [-0.05, 0) is 48.9 Å². The van der Waals surface area contributed by atoms with Crippen LogP contribution in [0.25, 0.3) is 0 Å². The minimum atomic E-state index is -0.280. The first-order valence-electron chi connectivity index (χ1n) is 6.67. The van der Waals surface area contributed by atoms with Gasteiger partial charge in [-0.25, -0.2) is 5.43 Å². The number of halogens is 1. The molecule has 2 rings (SSSR count). The number of hydrogen-bond acceptors (Lipinski definition) is 4. The van der Waals surface area contributed by atoms with Crippen molar-refractivity contribution in [2.24, 2.45) is 5.10 Å². The maximum Gasteiger partial charge on any atom is 0.259 e. The van der Waals surface area contributed by atoms with Crippen molar-refractivity contribution in [3.05, 3.63) is 59.1 Å². The zero-order valence-electron chi connectivity index (χ0n) is 12.0. The SMILES string of the molecule is C/C(=N\NC(=O)CNc1ccccc1Cl)c1ccc(O)cc1. The molecule has 0 heterocycles. The van der Waals surface area contributed by atoms with Crippen LogP contribution in [0.4, 0.5) is 5.69 Å². The van der Waals surface area contributed by atoms with Crippen molar-refractivity contribution in [2.75, 3.05) is 11.9 Å². The molecule has 0 radical (unpaired) electrons. The Morgan fingerprint density at radius 3 is 2.55 bits per heavy atom. The summed E-state index contributed by atoms with van der Waals surface area (Å²) in [5, 5.41) is 16.7. The summed E-state index contributed by atoms with van der Waals surface area (Å²) in [6, 6.07) is 13.8. The fourth-order valence-electron chi connectivity index (χ4n) is 1.73. The number of carbonyl (C=O) groups is 1. The second kappa shape index (κ2) is 7.47. The van der Waals surface area contributed by atoms with E-state index in [1.165, 1.54) is 0 Å². The molecule has 0 unspecified atom stereocenters. The molecule has 0 aliphatic heterocycles. The van der Waals surface area contributed by atoms with E-state index in [1.807, 2.05) is 12.1 Å². The van der Waals surface area contributed by atoms with E-state index in [-0.39, 0.29) is 18.2 Å². The monoisotopic (exact) mass is 317 g/mol. The molecule has 0 spiro atoms. The first kappa shape index (κ1) is 15.9. The lowest BCUT2D eigenvalue weighted by Crippen LogP contribution is -2.26. The highest BCUT2D eigenvalue weighted by atomic mass is 35.5. The molecule has 2 aromatic carbocycles. The molecule has 6 heteroatoms. The van der Waals surface area contributed by atoms with Crippen molar-refractivity contribution in [3.8, 4) is 5.75 Å². The van der Waals surface area contributed by atoms with E-state index in [0.29, 0.717) is 16.4 Å². The lowest BCUT2D eigenvalue weighted by Gasteiger charge is -2.07. The van der Waals surface area contributed by atoms with Crippen LogP contribution >= 0.6 is 11.6 Å². The number of phenols is 1. The van der Waals surface area contributed by atoms with Crippen LogP contribution in [-0.2, 0) is 4.79 Å². The summed E-state index contributed by atoms with van der Waals surface area (Å²) in [6.45, 7) is 1.84. The lowest BCUT2D eigenvalue weighted by molar-refractivity contribution is -0.119. The fraction of sp³-hybridized carbons (Fsp3) is 0.125. The number of carbonyl (C=O) groups excluding carboxylic acids is 1. The number of aromatic hydroxyl groups is 1. The number of amides is 1. The molecule has 0 aromatic heterocycles. The second-order valence-electron chi connectivity index (χ2n) is 4.61. The van der Waals surface area contributed by atoms with Crippen molar-refractivity contribution in [3.63, 3.8) is 0 Å². The average Bonchev–Trinajstić information content (AvgIpc) is 2.52. The largest absolute Gasteiger partial charge is 0.508 e. The average molecular weight is 318 g/mol. The van der Waals surface area contributed by atoms with Gasteiger partial charge in [0.25, 0.3) is 5.91 Å². The van der Waals surface area contributed by atoms with Crippen molar-refractivity contribution >= 4 is 28.9 Å². The summed E-state index contributed by atoms with van der Waals surface area (Å²) in [5.41, 5.74) is 4.62. The van der Waals surface area contributed by atoms with Gasteiger partial charge in [-0.3, -0.25) is 4.79 Å². The van der Waals surface area contributed by atoms with Gasteiger partial charge < -0.3 is 10.4 Å². The lowest BCUT2D eigenvalue weighted by atomic mass is 10.1. The van der Waals surface area contributed by atoms with Crippen LogP contribution < -0.4 is 10.7 Å². The number of hydrogen-bond donors (Lipinski definition) is 3. The summed E-state index contributed by atoms with van der Waals surface area (Å²) in [7, 11) is 0. The highest BCUT2D eigenvalue weighted by molar-refractivity contribution is 6.33. The van der Waals surface area contributed by atoms with Crippen LogP contribution in [0.15, 0.2) is 53.6 Å². The molecule has 0 aliphatic rings. The van der Waals surface area contributed by atoms with E-state index in [2.05, 4.69) is 15.8 Å². The van der Waals surface area contributed by atoms with Crippen molar-refractivity contribution in [2.45, 2.75) is 6.92 Å². The van der Waals surface area contributed by atoms with E-state index in [4.69, 9.17) is 11.6 Å². The standard InChI is InChI=1S/C16H16ClN3O2/c1-11(12-6-8-13(21)9-7-12)19-20-16(22)10-18-15-5-3-2-4-14(15)17/h2-9,18,21H,10H2,1H3,(H,20,22)/b19-11+. The van der Waals surface area contributed by atoms with Crippen LogP contribution in [0.1, 0.15) is 12.5 Å². The Kier molecular flexibility index (Phi) is 5.38. The number of hydrazone groups is 1. The van der Waals surface area contributed by atoms with E-state index in [1.54, 1.807) is 43.3 Å². The van der Waals surface area contributed by atoms with Crippen molar-refractivity contribution in [1.82, 2.24) is 5.43 Å². The first-order valence-corrected chi connectivity index (χ1v) is 7.05. The van der Waals surface area contributed by atoms with Gasteiger partial charge in [-0.15, -0.1) is 0 Å². The van der Waals surface area contributed by atoms with Gasteiger partial charge in [0, 0.05) is 0 Å². The molecule has 0 atom stereocenters. The number of rotatable bonds is 5. The molecule has 0 bridgehead atoms. The number of phenolic OH excluding ortho intramolecular Hbond substituents is 1. The maximum absolute atomic E-state index is 11.8. The molecule has 0 fully saturated rings. The molecule has 0 aliphatic carbocycles. The highest BCUT2D eigenvalue weighted by Crippen LogP contribution is 2.19. The fourth-order valence-corrected chi connectivity index (χ4v) is 1.94. The Hall–Kier alpha value is -2.53. The van der Waals surface area contributed by atoms with Crippen molar-refractivity contribution < 1.29 is 9.90 Å². The van der Waals surface area contributed by atoms with E-state index in [9.17, 15) is 9.90 Å². The molecule has 22 heavy (non-hydrogen) atoms. The van der Waals surface area contributed by atoms with Crippen LogP contribution in [0, 0.1) is 0 Å². The Morgan fingerprint density at radius 1 is 1.18 bits per heavy atom. The molecule has 114 valence electrons. The molecule has 3 N–H and O–H groups in total. The topological polar surface area (TPSA) is 73.7 Å². The van der Waals surface area contributed by atoms with E-state index in [0.717, 1.165) is 5.56 Å². The number of benzene rings is 2. The predicted octanol–water partition coefficient (Wildman–Crippen LogP) is 3.00. The Labute approximate surface area is 133 Å². The normalized spacial score (nSPS) is 11.1. The molecular formula is C16H16ClN3O2. The molecular weight excluding hydrogens is 302 g/mol. The van der Waals surface area contributed by atoms with Gasteiger partial charge in [0.2, 0.25) is 0 Å². The third-order valence-corrected chi connectivity index (χ3v) is 3.28. The zero-order valence-corrected chi connectivity index (χ0v) is 12.8. The smallest absolute Gasteiger partial charge is 0.259 e. The Bertz CT molecular complexity index is 684. The minimum absolute atomic E-state index is 0.0656. The first-order chi connectivity index (χ1) is 10.6. The van der Waals surface area contributed by atoms with Gasteiger partial charge in [0.05, 0.1) is 23.0 Å². The maximum atomic E-state index is 11.8. The zero-order chi connectivity index (χ0) is 15.9. The summed E-state index contributed by atoms with van der Waals surface area (Å²) in [6.07, 6.45) is 0. The van der Waals surface area contributed by atoms with Gasteiger partial charge in [0.1, 0.15) is 5.75 Å². The quantitative estimate of drug-likeness (QED) is 0.586. The van der Waals surface area contributed by atoms with Gasteiger partial charge in [-0.1, -0.05) is 23.7 Å². The summed E-state index contributed by atoms with van der Waals surface area (Å²) >= 11 is 5.99. The van der Waals surface area contributed by atoms with Crippen LogP contribution in [0.2, 0.25) is 5.02 Å². The van der Waals surface area contributed by atoms with Crippen molar-refractivity contribution in [1.29, 1.82) is 0 Å². The summed E-state index contributed by atoms with van der Waals surface area (Å²) in [4.78, 5) is 11.8. The summed E-state index contributed by atoms with van der Waals surface area (Å²) in [5.74, 6) is -0.0948. The third kappa shape index (κ3) is 4.49. The Morgan fingerprint density at radius 2 is 1.86 bits per heavy atom. The molecule has 0 saturated heterocycles. The highest BCUT2D eigenvalue weighted by Gasteiger charge is 2.03. The Balaban J connectivity index is 1.88. The molecule has 2 aromatic rings. The van der Waals surface area contributed by atoms with E-state index < -0.39 is 0 Å². The van der Waals surface area contributed by atoms with Gasteiger partial charge in [-0.2, -0.15) is 5.10 Å². The number of nitrogens with zero attached hydrogens (tertiary/aromatic N) is 1. The third-order valence-electron chi connectivity index (χ3n) is 2.95. The van der Waals surface area contributed by atoms with Crippen LogP contribution in [-0.4, -0.2) is 23.3 Å². The molecule has 0 saturated carbocycles. The molecule has 1 amide bonds. The summed E-state index contributed by atoms with van der Waals surface area (Å²) < 4.78 is 0. The van der Waals surface area contributed by atoms with Crippen LogP contribution in [0.5, 0.6) is 5.75 Å². The van der Waals surface area contributed by atoms with Gasteiger partial charge >= 0.3 is 0 Å².